The molecule has 0 radical (unpaired) electrons. The van der Waals surface area contributed by atoms with Crippen LogP contribution in [0.4, 0.5) is 0 Å². The van der Waals surface area contributed by atoms with Crippen LogP contribution in [0.15, 0.2) is 18.2 Å². The van der Waals surface area contributed by atoms with Gasteiger partial charge in [0.15, 0.2) is 0 Å². The van der Waals surface area contributed by atoms with Gasteiger partial charge in [0.25, 0.3) is 0 Å². The van der Waals surface area contributed by atoms with Gasteiger partial charge >= 0.3 is 0 Å². The summed E-state index contributed by atoms with van der Waals surface area (Å²) in [5.41, 5.74) is 5.67. The second kappa shape index (κ2) is 8.32. The molecular weight excluding hydrogens is 310 g/mol. The fourth-order valence-corrected chi connectivity index (χ4v) is 2.53. The van der Waals surface area contributed by atoms with Crippen molar-refractivity contribution in [2.75, 3.05) is 39.8 Å². The fourth-order valence-electron chi connectivity index (χ4n) is 2.53. The molecule has 7 nitrogen and oxygen atoms in total. The number of nitrogens with zero attached hydrogens (tertiary/aromatic N) is 2. The number of piperazine rings is 1. The number of nitrogens with two attached hydrogens (primary N) is 1. The van der Waals surface area contributed by atoms with E-state index in [0.717, 1.165) is 26.2 Å². The number of amides is 1. The molecule has 3 N–H and O–H groups in total. The number of likely N-dealkylation sites (N-methyl/N-ethyl adjacent to an activating group) is 1. The molecule has 1 saturated heterocycles. The van der Waals surface area contributed by atoms with Crippen molar-refractivity contribution in [3.8, 4) is 11.5 Å². The van der Waals surface area contributed by atoms with Crippen molar-refractivity contribution in [1.29, 1.82) is 0 Å². The van der Waals surface area contributed by atoms with Crippen molar-refractivity contribution in [2.24, 2.45) is 5.73 Å². The molecule has 1 aliphatic rings. The van der Waals surface area contributed by atoms with E-state index in [0.29, 0.717) is 17.1 Å². The number of aliphatic hydroxyl groups is 1. The first-order valence-electron chi connectivity index (χ1n) is 8.20. The highest BCUT2D eigenvalue weighted by molar-refractivity contribution is 5.93. The van der Waals surface area contributed by atoms with Gasteiger partial charge in [-0.2, -0.15) is 0 Å². The van der Waals surface area contributed by atoms with E-state index in [9.17, 15) is 9.90 Å². The second-order valence-electron chi connectivity index (χ2n) is 6.35. The second-order valence-corrected chi connectivity index (χ2v) is 6.35. The summed E-state index contributed by atoms with van der Waals surface area (Å²) in [6, 6.07) is 4.85. The van der Waals surface area contributed by atoms with Gasteiger partial charge in [0.1, 0.15) is 24.3 Å². The van der Waals surface area contributed by atoms with Crippen LogP contribution in [0.25, 0.3) is 0 Å². The summed E-state index contributed by atoms with van der Waals surface area (Å²) in [5.74, 6) is 0.425. The van der Waals surface area contributed by atoms with Crippen molar-refractivity contribution in [1.82, 2.24) is 9.80 Å². The van der Waals surface area contributed by atoms with Gasteiger partial charge in [-0.3, -0.25) is 9.69 Å². The summed E-state index contributed by atoms with van der Waals surface area (Å²) in [6.45, 7) is 7.34. The molecule has 0 saturated carbocycles. The standard InChI is InChI=1S/C17H27N3O4/c1-12(2)24-15-9-13(17(18)22)8-14(10-15)23-11-16(21)20-6-4-19(3)5-7-20/h8-10,12,16,21H,4-7,11H2,1-3H3,(H2,18,22). The van der Waals surface area contributed by atoms with Crippen LogP contribution in [0, 0.1) is 0 Å². The van der Waals surface area contributed by atoms with E-state index in [1.165, 1.54) is 0 Å². The van der Waals surface area contributed by atoms with Crippen LogP contribution >= 0.6 is 0 Å². The molecule has 1 amide bonds. The number of carbonyl (C=O) groups is 1. The first-order chi connectivity index (χ1) is 11.3. The van der Waals surface area contributed by atoms with Gasteiger partial charge in [-0.05, 0) is 33.0 Å². The number of aliphatic hydroxyl groups excluding tert-OH is 1. The molecule has 1 heterocycles. The minimum absolute atomic E-state index is 0.0306. The van der Waals surface area contributed by atoms with Gasteiger partial charge in [0.05, 0.1) is 6.10 Å². The SMILES string of the molecule is CC(C)Oc1cc(OCC(O)N2CCN(C)CC2)cc(C(N)=O)c1. The molecule has 1 aromatic rings. The molecule has 2 rings (SSSR count). The van der Waals surface area contributed by atoms with Crippen molar-refractivity contribution in [2.45, 2.75) is 26.2 Å². The summed E-state index contributed by atoms with van der Waals surface area (Å²) >= 11 is 0. The Kier molecular flexibility index (Phi) is 6.42. The lowest BCUT2D eigenvalue weighted by Crippen LogP contribution is -2.50. The molecule has 1 aliphatic heterocycles. The maximum absolute atomic E-state index is 11.5. The highest BCUT2D eigenvalue weighted by Crippen LogP contribution is 2.24. The van der Waals surface area contributed by atoms with Crippen LogP contribution in [0.2, 0.25) is 0 Å². The van der Waals surface area contributed by atoms with Crippen LogP contribution in [0.1, 0.15) is 24.2 Å². The van der Waals surface area contributed by atoms with Crippen molar-refractivity contribution >= 4 is 5.91 Å². The Bertz CT molecular complexity index is 557. The van der Waals surface area contributed by atoms with E-state index in [-0.39, 0.29) is 12.7 Å². The first kappa shape index (κ1) is 18.5. The van der Waals surface area contributed by atoms with E-state index in [4.69, 9.17) is 15.2 Å². The zero-order valence-corrected chi connectivity index (χ0v) is 14.6. The average molecular weight is 337 g/mol. The van der Waals surface area contributed by atoms with Crippen molar-refractivity contribution in [3.05, 3.63) is 23.8 Å². The minimum Gasteiger partial charge on any atom is -0.491 e. The number of hydrogen-bond acceptors (Lipinski definition) is 6. The molecule has 7 heteroatoms. The van der Waals surface area contributed by atoms with Gasteiger partial charge < -0.3 is 25.2 Å². The number of rotatable bonds is 7. The van der Waals surface area contributed by atoms with Crippen LogP contribution < -0.4 is 15.2 Å². The third kappa shape index (κ3) is 5.36. The lowest BCUT2D eigenvalue weighted by Gasteiger charge is -2.35. The first-order valence-corrected chi connectivity index (χ1v) is 8.20. The Hall–Kier alpha value is -1.83. The highest BCUT2D eigenvalue weighted by Gasteiger charge is 2.21. The Morgan fingerprint density at radius 1 is 1.21 bits per heavy atom. The normalized spacial score (nSPS) is 17.7. The number of hydrogen-bond donors (Lipinski definition) is 2. The number of primary amides is 1. The third-order valence-corrected chi connectivity index (χ3v) is 3.89. The molecule has 0 spiro atoms. The van der Waals surface area contributed by atoms with E-state index in [1.54, 1.807) is 18.2 Å². The van der Waals surface area contributed by atoms with Gasteiger partial charge in [0.2, 0.25) is 5.91 Å². The van der Waals surface area contributed by atoms with Crippen molar-refractivity contribution < 1.29 is 19.4 Å². The van der Waals surface area contributed by atoms with Gasteiger partial charge in [0, 0.05) is 37.8 Å². The summed E-state index contributed by atoms with van der Waals surface area (Å²) in [5, 5.41) is 10.3. The van der Waals surface area contributed by atoms with E-state index >= 15 is 0 Å². The smallest absolute Gasteiger partial charge is 0.248 e. The third-order valence-electron chi connectivity index (χ3n) is 3.89. The molecule has 134 valence electrons. The molecule has 1 fully saturated rings. The van der Waals surface area contributed by atoms with Crippen molar-refractivity contribution in [3.63, 3.8) is 0 Å². The van der Waals surface area contributed by atoms with Gasteiger partial charge in [-0.15, -0.1) is 0 Å². The molecule has 1 aromatic carbocycles. The average Bonchev–Trinajstić information content (AvgIpc) is 2.52. The zero-order chi connectivity index (χ0) is 17.7. The van der Waals surface area contributed by atoms with Crippen LogP contribution in [0.3, 0.4) is 0 Å². The lowest BCUT2D eigenvalue weighted by molar-refractivity contribution is -0.0464. The maximum Gasteiger partial charge on any atom is 0.248 e. The predicted octanol–water partition coefficient (Wildman–Crippen LogP) is 0.517. The minimum atomic E-state index is -0.689. The quantitative estimate of drug-likeness (QED) is 0.754. The monoisotopic (exact) mass is 337 g/mol. The van der Waals surface area contributed by atoms with Crippen LogP contribution in [-0.4, -0.2) is 73.0 Å². The zero-order valence-electron chi connectivity index (χ0n) is 14.6. The Balaban J connectivity index is 2.00. The maximum atomic E-state index is 11.5. The molecule has 1 unspecified atom stereocenters. The van der Waals surface area contributed by atoms with Crippen LogP contribution in [0.5, 0.6) is 11.5 Å². The predicted molar refractivity (Wildman–Crippen MR) is 91.3 cm³/mol. The highest BCUT2D eigenvalue weighted by atomic mass is 16.5. The lowest BCUT2D eigenvalue weighted by atomic mass is 10.2. The number of ether oxygens (including phenoxy) is 2. The fraction of sp³-hybridized carbons (Fsp3) is 0.588. The Labute approximate surface area is 142 Å². The summed E-state index contributed by atoms with van der Waals surface area (Å²) in [6.07, 6.45) is -0.720. The largest absolute Gasteiger partial charge is 0.491 e. The summed E-state index contributed by atoms with van der Waals surface area (Å²) < 4.78 is 11.3. The molecular formula is C17H27N3O4. The Morgan fingerprint density at radius 3 is 2.42 bits per heavy atom. The molecule has 0 aliphatic carbocycles. The van der Waals surface area contributed by atoms with E-state index in [2.05, 4.69) is 11.9 Å². The number of carbonyl (C=O) groups excluding carboxylic acids is 1. The number of benzene rings is 1. The van der Waals surface area contributed by atoms with E-state index < -0.39 is 12.1 Å². The topological polar surface area (TPSA) is 88.3 Å². The van der Waals surface area contributed by atoms with Gasteiger partial charge in [-0.25, -0.2) is 0 Å². The summed E-state index contributed by atoms with van der Waals surface area (Å²) in [7, 11) is 2.06. The molecule has 0 bridgehead atoms. The summed E-state index contributed by atoms with van der Waals surface area (Å²) in [4.78, 5) is 15.7. The van der Waals surface area contributed by atoms with Gasteiger partial charge in [-0.1, -0.05) is 0 Å². The molecule has 24 heavy (non-hydrogen) atoms. The van der Waals surface area contributed by atoms with Crippen LogP contribution in [-0.2, 0) is 0 Å². The molecule has 1 atom stereocenters. The Morgan fingerprint density at radius 2 is 1.83 bits per heavy atom. The van der Waals surface area contributed by atoms with E-state index in [1.807, 2.05) is 18.7 Å². The molecule has 0 aromatic heterocycles.